The maximum Gasteiger partial charge on any atom is 0.341 e. The Bertz CT molecular complexity index is 1370. The zero-order valence-corrected chi connectivity index (χ0v) is 27.7. The van der Waals surface area contributed by atoms with Gasteiger partial charge in [0, 0.05) is 17.7 Å². The first-order valence-electron chi connectivity index (χ1n) is 16.4. The normalized spacial score (nSPS) is 10.5. The molecule has 0 aliphatic heterocycles. The number of carbonyl (C=O) groups is 4. The van der Waals surface area contributed by atoms with Crippen molar-refractivity contribution in [2.45, 2.75) is 57.7 Å². The van der Waals surface area contributed by atoms with E-state index in [1.807, 2.05) is 6.07 Å². The van der Waals surface area contributed by atoms with Gasteiger partial charge in [0.15, 0.2) is 0 Å². The van der Waals surface area contributed by atoms with E-state index in [9.17, 15) is 19.2 Å². The highest BCUT2D eigenvalue weighted by atomic mass is 16.7. The lowest BCUT2D eigenvalue weighted by atomic mass is 10.2. The van der Waals surface area contributed by atoms with Crippen molar-refractivity contribution in [3.63, 3.8) is 0 Å². The summed E-state index contributed by atoms with van der Waals surface area (Å²) in [5.74, 6) is -0.928. The van der Waals surface area contributed by atoms with Gasteiger partial charge in [0.25, 0.3) is 6.29 Å². The highest BCUT2D eigenvalue weighted by molar-refractivity contribution is 5.91. The zero-order chi connectivity index (χ0) is 35.1. The SMILES string of the molecule is C=CC(=O)OCCCCCCOc1ccc(C(=O)OC(OC(=O)c2ccc(OCCCCCCOC(=O)C=C)cc2)c2ccccc2)cc1. The number of esters is 4. The Labute approximate surface area is 287 Å². The van der Waals surface area contributed by atoms with E-state index >= 15 is 0 Å². The van der Waals surface area contributed by atoms with Crippen LogP contribution in [0.5, 0.6) is 11.5 Å². The van der Waals surface area contributed by atoms with E-state index in [4.69, 9.17) is 28.4 Å². The van der Waals surface area contributed by atoms with Crippen LogP contribution in [0.2, 0.25) is 0 Å². The number of hydrogen-bond donors (Lipinski definition) is 0. The number of rotatable bonds is 23. The van der Waals surface area contributed by atoms with Gasteiger partial charge in [-0.15, -0.1) is 0 Å². The van der Waals surface area contributed by atoms with Crippen LogP contribution in [0.1, 0.15) is 83.9 Å². The second-order valence-electron chi connectivity index (χ2n) is 10.9. The maximum atomic E-state index is 13.1. The van der Waals surface area contributed by atoms with Gasteiger partial charge in [-0.2, -0.15) is 0 Å². The molecule has 49 heavy (non-hydrogen) atoms. The van der Waals surface area contributed by atoms with E-state index in [1.54, 1.807) is 72.8 Å². The summed E-state index contributed by atoms with van der Waals surface area (Å²) in [6.45, 7) is 8.49. The number of hydrogen-bond acceptors (Lipinski definition) is 10. The lowest BCUT2D eigenvalue weighted by Crippen LogP contribution is -2.18. The summed E-state index contributed by atoms with van der Waals surface area (Å²) in [7, 11) is 0. The fraction of sp³-hybridized carbons (Fsp3) is 0.333. The summed E-state index contributed by atoms with van der Waals surface area (Å²) in [5, 5.41) is 0. The predicted molar refractivity (Wildman–Crippen MR) is 183 cm³/mol. The molecule has 0 aliphatic carbocycles. The lowest BCUT2D eigenvalue weighted by Gasteiger charge is -2.19. The number of benzene rings is 3. The molecule has 0 heterocycles. The molecule has 3 aromatic carbocycles. The molecule has 0 amide bonds. The fourth-order valence-electron chi connectivity index (χ4n) is 4.43. The summed E-state index contributed by atoms with van der Waals surface area (Å²) in [4.78, 5) is 48.2. The summed E-state index contributed by atoms with van der Waals surface area (Å²) < 4.78 is 32.8. The standard InChI is InChI=1S/C39H44O10/c1-3-35(40)46-28-14-7-5-12-26-44-33-22-18-30(19-23-33)37(42)48-39(32-16-10-9-11-17-32)49-38(43)31-20-24-34(25-21-31)45-27-13-6-8-15-29-47-36(41)4-2/h3-4,9-11,16-25,39H,1-2,5-8,12-15,26-29H2. The van der Waals surface area contributed by atoms with E-state index in [0.717, 1.165) is 63.5 Å². The molecule has 10 nitrogen and oxygen atoms in total. The quantitative estimate of drug-likeness (QED) is 0.0325. The Kier molecular flexibility index (Phi) is 17.3. The van der Waals surface area contributed by atoms with Crippen molar-refractivity contribution < 1.29 is 47.6 Å². The minimum absolute atomic E-state index is 0.274. The van der Waals surface area contributed by atoms with Gasteiger partial charge in [-0.05, 0) is 99.9 Å². The van der Waals surface area contributed by atoms with Crippen LogP contribution in [-0.2, 0) is 28.5 Å². The molecule has 0 radical (unpaired) electrons. The molecule has 0 aromatic heterocycles. The Hall–Kier alpha value is -5.38. The second kappa shape index (κ2) is 22.2. The van der Waals surface area contributed by atoms with E-state index in [1.165, 1.54) is 0 Å². The maximum absolute atomic E-state index is 13.1. The van der Waals surface area contributed by atoms with Crippen molar-refractivity contribution >= 4 is 23.9 Å². The predicted octanol–water partition coefficient (Wildman–Crippen LogP) is 7.74. The van der Waals surface area contributed by atoms with E-state index in [2.05, 4.69) is 13.2 Å². The first kappa shape index (κ1) is 38.1. The van der Waals surface area contributed by atoms with Gasteiger partial charge in [0.05, 0.1) is 37.6 Å². The smallest absolute Gasteiger partial charge is 0.341 e. The molecule has 0 bridgehead atoms. The summed E-state index contributed by atoms with van der Waals surface area (Å²) >= 11 is 0. The van der Waals surface area contributed by atoms with Gasteiger partial charge in [0.2, 0.25) is 0 Å². The number of unbranched alkanes of at least 4 members (excludes halogenated alkanes) is 6. The van der Waals surface area contributed by atoms with Crippen LogP contribution < -0.4 is 9.47 Å². The fourth-order valence-corrected chi connectivity index (χ4v) is 4.43. The van der Waals surface area contributed by atoms with Crippen molar-refractivity contribution in [2.24, 2.45) is 0 Å². The first-order chi connectivity index (χ1) is 23.9. The van der Waals surface area contributed by atoms with E-state index in [0.29, 0.717) is 43.5 Å². The topological polar surface area (TPSA) is 124 Å². The molecule has 0 spiro atoms. The van der Waals surface area contributed by atoms with Gasteiger partial charge in [-0.25, -0.2) is 19.2 Å². The minimum atomic E-state index is -1.27. The van der Waals surface area contributed by atoms with Crippen LogP contribution in [-0.4, -0.2) is 50.3 Å². The molecule has 0 saturated heterocycles. The zero-order valence-electron chi connectivity index (χ0n) is 27.7. The molecule has 10 heteroatoms. The van der Waals surface area contributed by atoms with Crippen LogP contribution in [0.15, 0.2) is 104 Å². The number of carbonyl (C=O) groups excluding carboxylic acids is 4. The van der Waals surface area contributed by atoms with Crippen LogP contribution in [0.4, 0.5) is 0 Å². The van der Waals surface area contributed by atoms with E-state index in [-0.39, 0.29) is 11.1 Å². The molecule has 3 rings (SSSR count). The summed E-state index contributed by atoms with van der Waals surface area (Å²) in [6, 6.07) is 21.9. The van der Waals surface area contributed by atoms with Gasteiger partial charge < -0.3 is 28.4 Å². The molecule has 0 unspecified atom stereocenters. The molecular formula is C39H44O10. The van der Waals surface area contributed by atoms with Crippen molar-refractivity contribution in [3.05, 3.63) is 121 Å². The minimum Gasteiger partial charge on any atom is -0.494 e. The van der Waals surface area contributed by atoms with Crippen LogP contribution in [0.3, 0.4) is 0 Å². The summed E-state index contributed by atoms with van der Waals surface area (Å²) in [6.07, 6.45) is 7.91. The third kappa shape index (κ3) is 14.9. The molecule has 260 valence electrons. The molecule has 0 fully saturated rings. The van der Waals surface area contributed by atoms with Gasteiger partial charge in [0.1, 0.15) is 11.5 Å². The molecule has 0 saturated carbocycles. The third-order valence-electron chi connectivity index (χ3n) is 7.12. The molecule has 0 atom stereocenters. The largest absolute Gasteiger partial charge is 0.494 e. The average Bonchev–Trinajstić information content (AvgIpc) is 3.13. The Morgan fingerprint density at radius 1 is 0.510 bits per heavy atom. The lowest BCUT2D eigenvalue weighted by molar-refractivity contribution is -0.138. The summed E-state index contributed by atoms with van der Waals surface area (Å²) in [5.41, 5.74) is 1.05. The van der Waals surface area contributed by atoms with Crippen LogP contribution >= 0.6 is 0 Å². The number of ether oxygens (including phenoxy) is 6. The first-order valence-corrected chi connectivity index (χ1v) is 16.4. The monoisotopic (exact) mass is 672 g/mol. The molecule has 0 aliphatic rings. The Morgan fingerprint density at radius 2 is 0.898 bits per heavy atom. The third-order valence-corrected chi connectivity index (χ3v) is 7.12. The second-order valence-corrected chi connectivity index (χ2v) is 10.9. The van der Waals surface area contributed by atoms with Gasteiger partial charge >= 0.3 is 23.9 Å². The van der Waals surface area contributed by atoms with Crippen LogP contribution in [0.25, 0.3) is 0 Å². The van der Waals surface area contributed by atoms with Gasteiger partial charge in [-0.3, -0.25) is 0 Å². The van der Waals surface area contributed by atoms with Crippen molar-refractivity contribution in [2.75, 3.05) is 26.4 Å². The Morgan fingerprint density at radius 3 is 1.29 bits per heavy atom. The molecular weight excluding hydrogens is 628 g/mol. The van der Waals surface area contributed by atoms with Crippen molar-refractivity contribution in [1.29, 1.82) is 0 Å². The van der Waals surface area contributed by atoms with Crippen molar-refractivity contribution in [3.8, 4) is 11.5 Å². The molecule has 0 N–H and O–H groups in total. The Balaban J connectivity index is 1.43. The van der Waals surface area contributed by atoms with Crippen LogP contribution in [0, 0.1) is 0 Å². The average molecular weight is 673 g/mol. The molecule has 3 aromatic rings. The van der Waals surface area contributed by atoms with Gasteiger partial charge in [-0.1, -0.05) is 43.5 Å². The van der Waals surface area contributed by atoms with E-state index < -0.39 is 30.2 Å². The highest BCUT2D eigenvalue weighted by Crippen LogP contribution is 2.24. The highest BCUT2D eigenvalue weighted by Gasteiger charge is 2.23. The van der Waals surface area contributed by atoms with Crippen molar-refractivity contribution in [1.82, 2.24) is 0 Å².